The molecule has 1 atom stereocenters. The number of hydrogen-bond acceptors (Lipinski definition) is 5. The maximum atomic E-state index is 12.7. The highest BCUT2D eigenvalue weighted by atomic mass is 16.3. The highest BCUT2D eigenvalue weighted by Crippen LogP contribution is 2.50. The highest BCUT2D eigenvalue weighted by molar-refractivity contribution is 5.50. The molecule has 0 saturated heterocycles. The minimum Gasteiger partial charge on any atom is -0.395 e. The van der Waals surface area contributed by atoms with Crippen LogP contribution in [0.15, 0.2) is 12.1 Å². The fourth-order valence-corrected chi connectivity index (χ4v) is 5.51. The molecule has 0 aliphatic heterocycles. The van der Waals surface area contributed by atoms with Gasteiger partial charge in [-0.2, -0.15) is 0 Å². The second kappa shape index (κ2) is 15.0. The van der Waals surface area contributed by atoms with E-state index in [1.165, 1.54) is 44.9 Å². The Morgan fingerprint density at radius 3 is 1.35 bits per heavy atom. The number of hydrogen-bond donors (Lipinski definition) is 5. The van der Waals surface area contributed by atoms with Gasteiger partial charge in [-0.05, 0) is 39.5 Å². The molecular formula is C32H59NO4. The summed E-state index contributed by atoms with van der Waals surface area (Å²) in [5.41, 5.74) is 5.99. The molecule has 0 amide bonds. The molecule has 1 aromatic rings. The van der Waals surface area contributed by atoms with E-state index in [1.807, 2.05) is 0 Å². The van der Waals surface area contributed by atoms with Crippen molar-refractivity contribution < 1.29 is 20.4 Å². The molecule has 0 aromatic heterocycles. The number of benzene rings is 1. The van der Waals surface area contributed by atoms with Gasteiger partial charge in [-0.25, -0.2) is 0 Å². The molecule has 0 saturated carbocycles. The lowest BCUT2D eigenvalue weighted by molar-refractivity contribution is -0.165. The van der Waals surface area contributed by atoms with Crippen molar-refractivity contribution in [2.75, 3.05) is 19.8 Å². The van der Waals surface area contributed by atoms with Gasteiger partial charge in [0.25, 0.3) is 0 Å². The summed E-state index contributed by atoms with van der Waals surface area (Å²) in [6.07, 6.45) is 12.1. The van der Waals surface area contributed by atoms with E-state index >= 15 is 0 Å². The Hall–Kier alpha value is -0.980. The summed E-state index contributed by atoms with van der Waals surface area (Å²) in [5, 5.41) is 44.2. The van der Waals surface area contributed by atoms with E-state index < -0.39 is 30.8 Å². The Morgan fingerprint density at radius 1 is 0.649 bits per heavy atom. The van der Waals surface area contributed by atoms with Gasteiger partial charge in [0.2, 0.25) is 0 Å². The van der Waals surface area contributed by atoms with Crippen LogP contribution in [0.2, 0.25) is 0 Å². The number of rotatable bonds is 17. The average Bonchev–Trinajstić information content (AvgIpc) is 2.84. The van der Waals surface area contributed by atoms with Crippen LogP contribution in [0.1, 0.15) is 141 Å². The number of unbranched alkanes of at least 4 members (excludes halogenated alkanes) is 9. The molecule has 0 aliphatic rings. The predicted octanol–water partition coefficient (Wildman–Crippen LogP) is 6.20. The molecule has 216 valence electrons. The summed E-state index contributed by atoms with van der Waals surface area (Å²) in [7, 11) is 0. The molecule has 5 heteroatoms. The van der Waals surface area contributed by atoms with Crippen LogP contribution in [0.25, 0.3) is 0 Å². The smallest absolute Gasteiger partial charge is 0.102 e. The molecule has 0 spiro atoms. The fraction of sp³-hybridized carbons (Fsp3) is 0.812. The van der Waals surface area contributed by atoms with Crippen molar-refractivity contribution in [2.45, 2.75) is 142 Å². The number of aliphatic hydroxyl groups excluding tert-OH is 3. The Balaban J connectivity index is 3.43. The monoisotopic (exact) mass is 521 g/mol. The van der Waals surface area contributed by atoms with E-state index in [0.717, 1.165) is 41.5 Å². The zero-order valence-corrected chi connectivity index (χ0v) is 25.1. The Labute approximate surface area is 227 Å². The Morgan fingerprint density at radius 2 is 1.03 bits per heavy atom. The van der Waals surface area contributed by atoms with Crippen LogP contribution in [-0.2, 0) is 23.0 Å². The van der Waals surface area contributed by atoms with E-state index in [0.29, 0.717) is 13.0 Å². The second-order valence-electron chi connectivity index (χ2n) is 13.3. The van der Waals surface area contributed by atoms with Crippen LogP contribution in [0, 0.1) is 5.41 Å². The van der Waals surface area contributed by atoms with Gasteiger partial charge in [0.15, 0.2) is 0 Å². The first kappa shape index (κ1) is 34.0. The lowest BCUT2D eigenvalue weighted by Crippen LogP contribution is -2.55. The van der Waals surface area contributed by atoms with E-state index in [1.54, 1.807) is 0 Å². The van der Waals surface area contributed by atoms with Gasteiger partial charge in [-0.1, -0.05) is 125 Å². The third kappa shape index (κ3) is 8.76. The molecule has 0 aliphatic carbocycles. The molecule has 6 N–H and O–H groups in total. The first-order valence-electron chi connectivity index (χ1n) is 14.7. The van der Waals surface area contributed by atoms with Crippen LogP contribution >= 0.6 is 0 Å². The molecule has 1 rings (SSSR count). The van der Waals surface area contributed by atoms with Crippen molar-refractivity contribution in [1.29, 1.82) is 0 Å². The van der Waals surface area contributed by atoms with Crippen molar-refractivity contribution in [3.05, 3.63) is 34.4 Å². The maximum absolute atomic E-state index is 12.7. The van der Waals surface area contributed by atoms with E-state index in [4.69, 9.17) is 5.73 Å². The standard InChI is InChI=1S/C32H59NO4/c1-8-9-10-11-12-13-14-15-16-17-18-32(37,31(22-34,23-35)24-36)28-26(29(2,3)4)19-25(21-33)20-27(28)30(5,6)7/h19-20,34-37H,8-18,21-24,33H2,1-7H3. The lowest BCUT2D eigenvalue weighted by Gasteiger charge is -2.49. The molecular weight excluding hydrogens is 462 g/mol. The van der Waals surface area contributed by atoms with Gasteiger partial charge < -0.3 is 26.2 Å². The van der Waals surface area contributed by atoms with Gasteiger partial charge in [0.05, 0.1) is 25.2 Å². The number of aliphatic hydroxyl groups is 4. The summed E-state index contributed by atoms with van der Waals surface area (Å²) < 4.78 is 0. The van der Waals surface area contributed by atoms with Crippen LogP contribution in [-0.4, -0.2) is 40.2 Å². The largest absolute Gasteiger partial charge is 0.395 e. The second-order valence-corrected chi connectivity index (χ2v) is 13.3. The van der Waals surface area contributed by atoms with Gasteiger partial charge in [0.1, 0.15) is 5.60 Å². The van der Waals surface area contributed by atoms with Crippen molar-refractivity contribution in [3.63, 3.8) is 0 Å². The van der Waals surface area contributed by atoms with Gasteiger partial charge in [-0.3, -0.25) is 0 Å². The third-order valence-electron chi connectivity index (χ3n) is 8.14. The molecule has 0 fully saturated rings. The quantitative estimate of drug-likeness (QED) is 0.157. The van der Waals surface area contributed by atoms with E-state index in [2.05, 4.69) is 60.6 Å². The normalized spacial score (nSPS) is 14.7. The summed E-state index contributed by atoms with van der Waals surface area (Å²) in [5.74, 6) is 0. The summed E-state index contributed by atoms with van der Waals surface area (Å²) in [4.78, 5) is 0. The first-order chi connectivity index (χ1) is 17.3. The fourth-order valence-electron chi connectivity index (χ4n) is 5.51. The topological polar surface area (TPSA) is 107 Å². The molecule has 0 radical (unpaired) electrons. The zero-order chi connectivity index (χ0) is 28.3. The molecule has 1 unspecified atom stereocenters. The Bertz CT molecular complexity index is 746. The van der Waals surface area contributed by atoms with Crippen LogP contribution in [0.5, 0.6) is 0 Å². The average molecular weight is 522 g/mol. The van der Waals surface area contributed by atoms with Crippen LogP contribution in [0.4, 0.5) is 0 Å². The zero-order valence-electron chi connectivity index (χ0n) is 25.1. The van der Waals surface area contributed by atoms with Crippen LogP contribution < -0.4 is 5.73 Å². The summed E-state index contributed by atoms with van der Waals surface area (Å²) in [6.45, 7) is 13.7. The predicted molar refractivity (Wildman–Crippen MR) is 156 cm³/mol. The third-order valence-corrected chi connectivity index (χ3v) is 8.14. The van der Waals surface area contributed by atoms with Crippen molar-refractivity contribution in [2.24, 2.45) is 11.1 Å². The highest BCUT2D eigenvalue weighted by Gasteiger charge is 2.53. The SMILES string of the molecule is CCCCCCCCCCCCC(O)(c1c(C(C)(C)C)cc(CN)cc1C(C)(C)C)C(CO)(CO)CO. The van der Waals surface area contributed by atoms with E-state index in [-0.39, 0.29) is 10.8 Å². The number of nitrogens with two attached hydrogens (primary N) is 1. The minimum absolute atomic E-state index is 0.321. The minimum atomic E-state index is -1.61. The van der Waals surface area contributed by atoms with Gasteiger partial charge >= 0.3 is 0 Å². The van der Waals surface area contributed by atoms with Crippen molar-refractivity contribution in [3.8, 4) is 0 Å². The van der Waals surface area contributed by atoms with E-state index in [9.17, 15) is 20.4 Å². The van der Waals surface area contributed by atoms with Crippen molar-refractivity contribution in [1.82, 2.24) is 0 Å². The molecule has 1 aromatic carbocycles. The van der Waals surface area contributed by atoms with Gasteiger partial charge in [0, 0.05) is 6.54 Å². The summed E-state index contributed by atoms with van der Waals surface area (Å²) in [6, 6.07) is 4.12. The summed E-state index contributed by atoms with van der Waals surface area (Å²) >= 11 is 0. The van der Waals surface area contributed by atoms with Crippen molar-refractivity contribution >= 4 is 0 Å². The maximum Gasteiger partial charge on any atom is 0.102 e. The first-order valence-corrected chi connectivity index (χ1v) is 14.7. The molecule has 0 heterocycles. The lowest BCUT2D eigenvalue weighted by atomic mass is 9.60. The Kier molecular flexibility index (Phi) is 13.8. The van der Waals surface area contributed by atoms with Crippen LogP contribution in [0.3, 0.4) is 0 Å². The van der Waals surface area contributed by atoms with Gasteiger partial charge in [-0.15, -0.1) is 0 Å². The molecule has 5 nitrogen and oxygen atoms in total. The molecule has 37 heavy (non-hydrogen) atoms. The molecule has 0 bridgehead atoms.